The van der Waals surface area contributed by atoms with Crippen LogP contribution in [0.25, 0.3) is 22.5 Å². The standard InChI is InChI=1S/C23H21FN4O2/c1-13-18(5-4-6-20(13)30-17-8-9-17)22-14(2)19-12-26-28(23(29)27(19)15(22)3)21-10-7-16(24)11-25-21/h4-7,10-12,17H,8-9H2,1-3H3. The molecular formula is C23H21FN4O2. The summed E-state index contributed by atoms with van der Waals surface area (Å²) in [6.45, 7) is 5.97. The van der Waals surface area contributed by atoms with Crippen LogP contribution in [-0.2, 0) is 0 Å². The van der Waals surface area contributed by atoms with Crippen molar-refractivity contribution in [3.63, 3.8) is 0 Å². The predicted molar refractivity (Wildman–Crippen MR) is 112 cm³/mol. The zero-order valence-electron chi connectivity index (χ0n) is 17.0. The number of benzene rings is 1. The van der Waals surface area contributed by atoms with Crippen molar-refractivity contribution >= 4 is 5.52 Å². The lowest BCUT2D eigenvalue weighted by atomic mass is 9.97. The SMILES string of the molecule is Cc1c(OC2CC2)cccc1-c1c(C)c2cnn(-c3ccc(F)cn3)c(=O)n2c1C. The number of aryl methyl sites for hydroxylation is 2. The minimum Gasteiger partial charge on any atom is -0.490 e. The molecule has 1 aliphatic rings. The fraction of sp³-hybridized carbons (Fsp3) is 0.261. The number of pyridine rings is 1. The molecule has 0 N–H and O–H groups in total. The van der Waals surface area contributed by atoms with E-state index in [2.05, 4.69) is 16.1 Å². The molecule has 152 valence electrons. The monoisotopic (exact) mass is 404 g/mol. The number of ether oxygens (including phenoxy) is 1. The van der Waals surface area contributed by atoms with Gasteiger partial charge < -0.3 is 4.74 Å². The Morgan fingerprint density at radius 1 is 1.07 bits per heavy atom. The third kappa shape index (κ3) is 2.89. The third-order valence-electron chi connectivity index (χ3n) is 5.67. The molecule has 4 aromatic rings. The number of hydrogen-bond donors (Lipinski definition) is 0. The van der Waals surface area contributed by atoms with Crippen molar-refractivity contribution in [1.82, 2.24) is 19.2 Å². The first-order valence-electron chi connectivity index (χ1n) is 9.94. The summed E-state index contributed by atoms with van der Waals surface area (Å²) in [4.78, 5) is 17.2. The summed E-state index contributed by atoms with van der Waals surface area (Å²) in [5.74, 6) is 0.689. The smallest absolute Gasteiger partial charge is 0.355 e. The number of aromatic nitrogens is 4. The van der Waals surface area contributed by atoms with E-state index < -0.39 is 5.82 Å². The van der Waals surface area contributed by atoms with E-state index in [4.69, 9.17) is 4.74 Å². The molecule has 3 heterocycles. The summed E-state index contributed by atoms with van der Waals surface area (Å²) >= 11 is 0. The number of hydrogen-bond acceptors (Lipinski definition) is 4. The minimum absolute atomic E-state index is 0.270. The van der Waals surface area contributed by atoms with Gasteiger partial charge in [-0.15, -0.1) is 0 Å². The molecule has 0 bridgehead atoms. The Labute approximate surface area is 172 Å². The Kier molecular flexibility index (Phi) is 4.20. The van der Waals surface area contributed by atoms with Crippen LogP contribution in [0.2, 0.25) is 0 Å². The fourth-order valence-corrected chi connectivity index (χ4v) is 3.94. The van der Waals surface area contributed by atoms with Crippen LogP contribution in [0, 0.1) is 26.6 Å². The molecule has 30 heavy (non-hydrogen) atoms. The van der Waals surface area contributed by atoms with Gasteiger partial charge in [0.05, 0.1) is 24.0 Å². The fourth-order valence-electron chi connectivity index (χ4n) is 3.94. The van der Waals surface area contributed by atoms with Crippen molar-refractivity contribution in [3.05, 3.63) is 75.8 Å². The second kappa shape index (κ2) is 6.79. The van der Waals surface area contributed by atoms with Crippen LogP contribution >= 0.6 is 0 Å². The predicted octanol–water partition coefficient (Wildman–Crippen LogP) is 4.15. The molecule has 0 radical (unpaired) electrons. The first-order valence-corrected chi connectivity index (χ1v) is 9.94. The molecule has 0 atom stereocenters. The van der Waals surface area contributed by atoms with Crippen molar-refractivity contribution in [2.45, 2.75) is 39.7 Å². The summed E-state index contributed by atoms with van der Waals surface area (Å²) < 4.78 is 22.1. The van der Waals surface area contributed by atoms with Crippen LogP contribution in [0.4, 0.5) is 4.39 Å². The van der Waals surface area contributed by atoms with Gasteiger partial charge in [-0.1, -0.05) is 12.1 Å². The van der Waals surface area contributed by atoms with Crippen LogP contribution in [0.5, 0.6) is 5.75 Å². The van der Waals surface area contributed by atoms with Gasteiger partial charge in [0, 0.05) is 11.3 Å². The second-order valence-electron chi connectivity index (χ2n) is 7.73. The van der Waals surface area contributed by atoms with Gasteiger partial charge in [-0.3, -0.25) is 4.40 Å². The van der Waals surface area contributed by atoms with Gasteiger partial charge in [0.1, 0.15) is 11.6 Å². The maximum absolute atomic E-state index is 13.2. The van der Waals surface area contributed by atoms with Gasteiger partial charge in [-0.2, -0.15) is 9.78 Å². The first-order chi connectivity index (χ1) is 14.5. The second-order valence-corrected chi connectivity index (χ2v) is 7.73. The van der Waals surface area contributed by atoms with E-state index in [0.717, 1.165) is 58.3 Å². The highest BCUT2D eigenvalue weighted by Gasteiger charge is 2.25. The lowest BCUT2D eigenvalue weighted by Crippen LogP contribution is -2.28. The molecule has 0 unspecified atom stereocenters. The van der Waals surface area contributed by atoms with Crippen molar-refractivity contribution in [1.29, 1.82) is 0 Å². The minimum atomic E-state index is -0.466. The van der Waals surface area contributed by atoms with Gasteiger partial charge in [0.15, 0.2) is 5.82 Å². The van der Waals surface area contributed by atoms with Crippen LogP contribution in [0.3, 0.4) is 0 Å². The highest BCUT2D eigenvalue weighted by molar-refractivity contribution is 5.81. The summed E-state index contributed by atoms with van der Waals surface area (Å²) in [5.41, 5.74) is 5.27. The van der Waals surface area contributed by atoms with E-state index in [9.17, 15) is 9.18 Å². The van der Waals surface area contributed by atoms with Gasteiger partial charge >= 0.3 is 5.69 Å². The maximum Gasteiger partial charge on any atom is 0.355 e. The number of nitrogens with zero attached hydrogens (tertiary/aromatic N) is 4. The highest BCUT2D eigenvalue weighted by atomic mass is 19.1. The quantitative estimate of drug-likeness (QED) is 0.513. The number of fused-ring (bicyclic) bond motifs is 1. The Balaban J connectivity index is 1.70. The molecule has 0 amide bonds. The largest absolute Gasteiger partial charge is 0.490 e. The molecule has 1 fully saturated rings. The molecule has 3 aromatic heterocycles. The topological polar surface area (TPSA) is 61.4 Å². The van der Waals surface area contributed by atoms with Gasteiger partial charge in [0.25, 0.3) is 0 Å². The van der Waals surface area contributed by atoms with Crippen molar-refractivity contribution in [2.75, 3.05) is 0 Å². The van der Waals surface area contributed by atoms with Gasteiger partial charge in [-0.25, -0.2) is 14.2 Å². The molecule has 1 aromatic carbocycles. The molecule has 1 saturated carbocycles. The van der Waals surface area contributed by atoms with Crippen LogP contribution in [0.1, 0.15) is 29.7 Å². The van der Waals surface area contributed by atoms with Crippen molar-refractivity contribution in [3.8, 4) is 22.7 Å². The van der Waals surface area contributed by atoms with Crippen LogP contribution in [0.15, 0.2) is 47.5 Å². The van der Waals surface area contributed by atoms with E-state index in [-0.39, 0.29) is 11.5 Å². The van der Waals surface area contributed by atoms with Crippen LogP contribution in [-0.4, -0.2) is 25.3 Å². The first kappa shape index (κ1) is 18.5. The molecule has 0 spiro atoms. The summed E-state index contributed by atoms with van der Waals surface area (Å²) in [7, 11) is 0. The van der Waals surface area contributed by atoms with Crippen molar-refractivity contribution in [2.24, 2.45) is 0 Å². The maximum atomic E-state index is 13.2. The van der Waals surface area contributed by atoms with Gasteiger partial charge in [-0.05, 0) is 68.5 Å². The normalized spacial score (nSPS) is 13.7. The lowest BCUT2D eigenvalue weighted by Gasteiger charge is -2.13. The third-order valence-corrected chi connectivity index (χ3v) is 5.67. The zero-order chi connectivity index (χ0) is 21.0. The Morgan fingerprint density at radius 2 is 1.87 bits per heavy atom. The lowest BCUT2D eigenvalue weighted by molar-refractivity contribution is 0.301. The molecule has 0 aliphatic heterocycles. The van der Waals surface area contributed by atoms with E-state index in [1.165, 1.54) is 16.8 Å². The molecule has 1 aliphatic carbocycles. The summed E-state index contributed by atoms with van der Waals surface area (Å²) in [6.07, 6.45) is 5.23. The summed E-state index contributed by atoms with van der Waals surface area (Å²) in [6, 6.07) is 8.73. The Hall–Kier alpha value is -3.48. The highest BCUT2D eigenvalue weighted by Crippen LogP contribution is 2.38. The molecule has 5 rings (SSSR count). The van der Waals surface area contributed by atoms with Crippen molar-refractivity contribution < 1.29 is 9.13 Å². The molecule has 7 heteroatoms. The van der Waals surface area contributed by atoms with Gasteiger partial charge in [0.2, 0.25) is 0 Å². The molecular weight excluding hydrogens is 383 g/mol. The van der Waals surface area contributed by atoms with E-state index in [1.54, 1.807) is 10.6 Å². The van der Waals surface area contributed by atoms with E-state index >= 15 is 0 Å². The van der Waals surface area contributed by atoms with Crippen LogP contribution < -0.4 is 10.4 Å². The Morgan fingerprint density at radius 3 is 2.57 bits per heavy atom. The zero-order valence-corrected chi connectivity index (χ0v) is 17.0. The molecule has 0 saturated heterocycles. The average Bonchev–Trinajstić information content (AvgIpc) is 3.51. The number of halogens is 1. The number of rotatable bonds is 4. The van der Waals surface area contributed by atoms with E-state index in [1.807, 2.05) is 32.9 Å². The average molecular weight is 404 g/mol. The molecule has 6 nitrogen and oxygen atoms in total. The Bertz CT molecular complexity index is 1330. The summed E-state index contributed by atoms with van der Waals surface area (Å²) in [5, 5.41) is 4.28. The van der Waals surface area contributed by atoms with E-state index in [0.29, 0.717) is 6.10 Å².